The smallest absolute Gasteiger partial charge is 0.266 e. The highest BCUT2D eigenvalue weighted by Gasteiger charge is 2.60. The van der Waals surface area contributed by atoms with Gasteiger partial charge in [-0.25, -0.2) is 14.4 Å². The fourth-order valence-electron chi connectivity index (χ4n) is 4.06. The Hall–Kier alpha value is -3.22. The summed E-state index contributed by atoms with van der Waals surface area (Å²) in [6.07, 6.45) is -0.969. The highest BCUT2D eigenvalue weighted by Crippen LogP contribution is 2.47. The van der Waals surface area contributed by atoms with E-state index in [0.717, 1.165) is 0 Å². The molecule has 0 bridgehead atoms. The lowest BCUT2D eigenvalue weighted by Gasteiger charge is -2.28. The minimum atomic E-state index is -0.969. The van der Waals surface area contributed by atoms with Crippen molar-refractivity contribution in [3.05, 3.63) is 95.3 Å². The number of imide groups is 1. The molecule has 2 fully saturated rings. The third-order valence-corrected chi connectivity index (χ3v) is 5.67. The van der Waals surface area contributed by atoms with Crippen molar-refractivity contribution in [1.29, 1.82) is 0 Å². The summed E-state index contributed by atoms with van der Waals surface area (Å²) in [5.74, 6) is -1.91. The fraction of sp³-hybridized carbons (Fsp3) is 0.130. The number of anilines is 2. The zero-order valence-electron chi connectivity index (χ0n) is 15.6. The number of benzene rings is 3. The third kappa shape index (κ3) is 2.96. The first-order chi connectivity index (χ1) is 14.5. The summed E-state index contributed by atoms with van der Waals surface area (Å²) in [6.45, 7) is 0. The van der Waals surface area contributed by atoms with Crippen molar-refractivity contribution in [2.24, 2.45) is 5.92 Å². The molecule has 0 saturated carbocycles. The Morgan fingerprint density at radius 3 is 2.13 bits per heavy atom. The van der Waals surface area contributed by atoms with E-state index in [-0.39, 0.29) is 11.7 Å². The molecule has 2 aliphatic rings. The molecule has 2 aliphatic heterocycles. The zero-order valence-corrected chi connectivity index (χ0v) is 16.4. The summed E-state index contributed by atoms with van der Waals surface area (Å²) < 4.78 is 13.5. The molecule has 0 aliphatic carbocycles. The van der Waals surface area contributed by atoms with E-state index in [1.54, 1.807) is 65.7 Å². The quantitative estimate of drug-likeness (QED) is 0.582. The fourth-order valence-corrected chi connectivity index (χ4v) is 4.18. The largest absolute Gasteiger partial charge is 0.273 e. The Kier molecular flexibility index (Phi) is 4.53. The van der Waals surface area contributed by atoms with Crippen LogP contribution in [0.5, 0.6) is 0 Å². The third-order valence-electron chi connectivity index (χ3n) is 5.42. The van der Waals surface area contributed by atoms with Gasteiger partial charge in [0, 0.05) is 5.02 Å². The Morgan fingerprint density at radius 2 is 1.47 bits per heavy atom. The molecule has 0 N–H and O–H groups in total. The Labute approximate surface area is 177 Å². The molecule has 2 amide bonds. The van der Waals surface area contributed by atoms with Gasteiger partial charge in [0.2, 0.25) is 5.91 Å². The molecule has 5 nitrogen and oxygen atoms in total. The second-order valence-corrected chi connectivity index (χ2v) is 7.63. The van der Waals surface area contributed by atoms with Gasteiger partial charge in [-0.1, -0.05) is 41.9 Å². The molecule has 0 unspecified atom stereocenters. The van der Waals surface area contributed by atoms with Gasteiger partial charge >= 0.3 is 0 Å². The Morgan fingerprint density at radius 1 is 0.800 bits per heavy atom. The monoisotopic (exact) mass is 422 g/mol. The number of hydrogen-bond acceptors (Lipinski definition) is 4. The molecule has 2 heterocycles. The lowest BCUT2D eigenvalue weighted by molar-refractivity contribution is -0.126. The van der Waals surface area contributed by atoms with Crippen LogP contribution in [0, 0.1) is 11.7 Å². The van der Waals surface area contributed by atoms with Gasteiger partial charge in [-0.3, -0.25) is 14.4 Å². The predicted octanol–water partition coefficient (Wildman–Crippen LogP) is 4.53. The van der Waals surface area contributed by atoms with Crippen molar-refractivity contribution >= 4 is 34.8 Å². The molecule has 3 aromatic carbocycles. The minimum absolute atomic E-state index is 0.345. The molecule has 150 valence electrons. The second kappa shape index (κ2) is 7.23. The summed E-state index contributed by atoms with van der Waals surface area (Å²) in [5.41, 5.74) is 1.83. The van der Waals surface area contributed by atoms with Gasteiger partial charge in [-0.05, 0) is 54.1 Å². The summed E-state index contributed by atoms with van der Waals surface area (Å²) in [4.78, 5) is 33.7. The van der Waals surface area contributed by atoms with Gasteiger partial charge in [0.25, 0.3) is 5.91 Å². The van der Waals surface area contributed by atoms with Gasteiger partial charge < -0.3 is 0 Å². The van der Waals surface area contributed by atoms with E-state index in [1.807, 2.05) is 6.07 Å². The number of carbonyl (C=O) groups is 2. The van der Waals surface area contributed by atoms with Gasteiger partial charge in [-0.15, -0.1) is 0 Å². The molecule has 7 heteroatoms. The van der Waals surface area contributed by atoms with E-state index >= 15 is 0 Å². The van der Waals surface area contributed by atoms with E-state index in [9.17, 15) is 14.0 Å². The average molecular weight is 423 g/mol. The predicted molar refractivity (Wildman–Crippen MR) is 110 cm³/mol. The van der Waals surface area contributed by atoms with Crippen LogP contribution >= 0.6 is 11.6 Å². The highest BCUT2D eigenvalue weighted by molar-refractivity contribution is 6.30. The molecule has 5 rings (SSSR count). The van der Waals surface area contributed by atoms with Gasteiger partial charge in [0.15, 0.2) is 6.10 Å². The van der Waals surface area contributed by atoms with Gasteiger partial charge in [-0.2, -0.15) is 0 Å². The summed E-state index contributed by atoms with van der Waals surface area (Å²) >= 11 is 6.00. The highest BCUT2D eigenvalue weighted by atomic mass is 35.5. The molecular formula is C23H16ClFN2O3. The van der Waals surface area contributed by atoms with Gasteiger partial charge in [0.05, 0.1) is 17.4 Å². The first kappa shape index (κ1) is 18.8. The van der Waals surface area contributed by atoms with Crippen molar-refractivity contribution in [1.82, 2.24) is 0 Å². The van der Waals surface area contributed by atoms with Crippen molar-refractivity contribution < 1.29 is 18.8 Å². The Bertz CT molecular complexity index is 1110. The zero-order chi connectivity index (χ0) is 20.8. The number of amides is 2. The standard InChI is InChI=1S/C23H16ClFN2O3/c24-15-8-12-18(13-9-15)27-20(14-6-10-16(25)11-7-14)19-21(30-27)23(29)26(22(19)28)17-4-2-1-3-5-17/h1-13,19-21H/t19-,20+,21-/m0/s1. The van der Waals surface area contributed by atoms with Crippen LogP contribution < -0.4 is 9.96 Å². The van der Waals surface area contributed by atoms with Crippen molar-refractivity contribution in [2.45, 2.75) is 12.1 Å². The van der Waals surface area contributed by atoms with E-state index in [2.05, 4.69) is 0 Å². The number of halogens is 2. The number of para-hydroxylation sites is 1. The van der Waals surface area contributed by atoms with Crippen molar-refractivity contribution in [3.8, 4) is 0 Å². The van der Waals surface area contributed by atoms with E-state index in [4.69, 9.17) is 16.4 Å². The van der Waals surface area contributed by atoms with Crippen LogP contribution in [-0.4, -0.2) is 17.9 Å². The van der Waals surface area contributed by atoms with E-state index in [1.165, 1.54) is 17.0 Å². The topological polar surface area (TPSA) is 49.9 Å². The van der Waals surface area contributed by atoms with Crippen LogP contribution in [0.1, 0.15) is 11.6 Å². The molecule has 30 heavy (non-hydrogen) atoms. The molecular weight excluding hydrogens is 407 g/mol. The number of hydroxylamine groups is 1. The van der Waals surface area contributed by atoms with Crippen molar-refractivity contribution in [3.63, 3.8) is 0 Å². The van der Waals surface area contributed by atoms with Crippen LogP contribution in [0.3, 0.4) is 0 Å². The van der Waals surface area contributed by atoms with Crippen LogP contribution in [0.4, 0.5) is 15.8 Å². The SMILES string of the molecule is O=C1[C@@H]2[C@H](ON(c3ccc(Cl)cc3)[C@@H]2c2ccc(F)cc2)C(=O)N1c1ccccc1. The van der Waals surface area contributed by atoms with Crippen LogP contribution in [0.2, 0.25) is 5.02 Å². The maximum absolute atomic E-state index is 13.5. The number of rotatable bonds is 3. The molecule has 2 saturated heterocycles. The normalized spacial score (nSPS) is 23.2. The van der Waals surface area contributed by atoms with Gasteiger partial charge in [0.1, 0.15) is 11.7 Å². The van der Waals surface area contributed by atoms with E-state index in [0.29, 0.717) is 22.0 Å². The second-order valence-electron chi connectivity index (χ2n) is 7.20. The number of hydrogen-bond donors (Lipinski definition) is 0. The molecule has 0 spiro atoms. The number of carbonyl (C=O) groups excluding carboxylic acids is 2. The number of nitrogens with zero attached hydrogens (tertiary/aromatic N) is 2. The Balaban J connectivity index is 1.59. The molecule has 3 atom stereocenters. The van der Waals surface area contributed by atoms with Crippen LogP contribution in [0.15, 0.2) is 78.9 Å². The summed E-state index contributed by atoms with van der Waals surface area (Å²) in [6, 6.07) is 21.0. The van der Waals surface area contributed by atoms with Crippen LogP contribution in [0.25, 0.3) is 0 Å². The van der Waals surface area contributed by atoms with E-state index < -0.39 is 24.0 Å². The van der Waals surface area contributed by atoms with Crippen LogP contribution in [-0.2, 0) is 14.4 Å². The maximum atomic E-state index is 13.5. The average Bonchev–Trinajstić information content (AvgIpc) is 3.26. The first-order valence-electron chi connectivity index (χ1n) is 9.44. The maximum Gasteiger partial charge on any atom is 0.266 e. The first-order valence-corrected chi connectivity index (χ1v) is 9.82. The number of fused-ring (bicyclic) bond motifs is 1. The van der Waals surface area contributed by atoms with Crippen molar-refractivity contribution in [2.75, 3.05) is 9.96 Å². The molecule has 3 aromatic rings. The molecule has 0 aromatic heterocycles. The lowest BCUT2D eigenvalue weighted by Crippen LogP contribution is -2.37. The summed E-state index contributed by atoms with van der Waals surface area (Å²) in [5, 5.41) is 2.11. The molecule has 0 radical (unpaired) electrons. The lowest BCUT2D eigenvalue weighted by atomic mass is 9.90. The summed E-state index contributed by atoms with van der Waals surface area (Å²) in [7, 11) is 0. The minimum Gasteiger partial charge on any atom is -0.273 e.